The number of hydrogen-bond acceptors (Lipinski definition) is 12. The molecule has 0 unspecified atom stereocenters. The molecule has 4 aromatic heterocycles. The van der Waals surface area contributed by atoms with Gasteiger partial charge in [-0.05, 0) is 36.8 Å². The predicted molar refractivity (Wildman–Crippen MR) is 202 cm³/mol. The monoisotopic (exact) mass is 712 g/mol. The van der Waals surface area contributed by atoms with Gasteiger partial charge >= 0.3 is 12.0 Å². The van der Waals surface area contributed by atoms with E-state index in [1.807, 2.05) is 36.4 Å². The summed E-state index contributed by atoms with van der Waals surface area (Å²) in [6.45, 7) is 6.57. The summed E-state index contributed by atoms with van der Waals surface area (Å²) in [7, 11) is 0. The van der Waals surface area contributed by atoms with Gasteiger partial charge in [-0.1, -0.05) is 111 Å². The minimum absolute atomic E-state index is 0.289. The van der Waals surface area contributed by atoms with Crippen molar-refractivity contribution in [2.75, 3.05) is 36.2 Å². The summed E-state index contributed by atoms with van der Waals surface area (Å²) >= 11 is 3.41. The van der Waals surface area contributed by atoms with Crippen LogP contribution in [0.5, 0.6) is 12.0 Å². The zero-order valence-electron chi connectivity index (χ0n) is 28.6. The maximum absolute atomic E-state index is 6.37. The quantitative estimate of drug-likeness (QED) is 0.0641. The normalized spacial score (nSPS) is 11.5. The number of nitrogens with two attached hydrogens (primary N) is 2. The molecule has 0 radical (unpaired) electrons. The third-order valence-corrected chi connectivity index (χ3v) is 10.1. The van der Waals surface area contributed by atoms with Crippen molar-refractivity contribution in [2.24, 2.45) is 0 Å². The molecule has 0 amide bonds. The molecule has 4 heterocycles. The van der Waals surface area contributed by atoms with Gasteiger partial charge in [-0.2, -0.15) is 19.9 Å². The summed E-state index contributed by atoms with van der Waals surface area (Å²) < 4.78 is 15.9. The van der Waals surface area contributed by atoms with E-state index in [2.05, 4.69) is 57.2 Å². The van der Waals surface area contributed by atoms with E-state index in [0.29, 0.717) is 60.3 Å². The first-order chi connectivity index (χ1) is 24.5. The summed E-state index contributed by atoms with van der Waals surface area (Å²) in [4.78, 5) is 28.0. The molecule has 50 heavy (non-hydrogen) atoms. The topological polar surface area (TPSA) is 158 Å². The van der Waals surface area contributed by atoms with Gasteiger partial charge in [-0.15, -0.1) is 0 Å². The van der Waals surface area contributed by atoms with E-state index in [9.17, 15) is 0 Å². The first kappa shape index (κ1) is 35.3. The standard InChI is InChI=1S/C36H44N10O2S2/c1-3-5-19-47-33-41-29(37)27-31(43-33)45(23-25-15-9-7-10-16-25)35(39-27)49-21-13-14-22-50-36-40-28-30(38)42-34(48-20-6-4-2)44-32(28)46(36)24-26-17-11-8-12-18-26/h7-12,15-18H,3-6,13-14,19-24H2,1-2H3,(H2,37,41,43)(H2,38,42,44). The van der Waals surface area contributed by atoms with Crippen molar-refractivity contribution in [1.82, 2.24) is 39.0 Å². The van der Waals surface area contributed by atoms with Crippen LogP contribution in [0.25, 0.3) is 22.3 Å². The highest BCUT2D eigenvalue weighted by molar-refractivity contribution is 7.99. The van der Waals surface area contributed by atoms with Crippen molar-refractivity contribution in [3.8, 4) is 12.0 Å². The van der Waals surface area contributed by atoms with Crippen molar-refractivity contribution in [2.45, 2.75) is 75.8 Å². The molecule has 0 spiro atoms. The number of unbranched alkanes of at least 4 members (excludes halogenated alkanes) is 3. The Morgan fingerprint density at radius 2 is 0.980 bits per heavy atom. The molecule has 6 rings (SSSR count). The van der Waals surface area contributed by atoms with E-state index in [4.69, 9.17) is 40.9 Å². The predicted octanol–water partition coefficient (Wildman–Crippen LogP) is 7.25. The van der Waals surface area contributed by atoms with Crippen LogP contribution in [0.3, 0.4) is 0 Å². The number of imidazole rings is 2. The Morgan fingerprint density at radius 3 is 1.38 bits per heavy atom. The lowest BCUT2D eigenvalue weighted by Gasteiger charge is -2.10. The number of aromatic nitrogens is 8. The summed E-state index contributed by atoms with van der Waals surface area (Å²) in [5, 5.41) is 1.72. The Labute approximate surface area is 300 Å². The number of nitrogens with zero attached hydrogens (tertiary/aromatic N) is 8. The van der Waals surface area contributed by atoms with Crippen LogP contribution in [0, 0.1) is 0 Å². The molecule has 14 heteroatoms. The van der Waals surface area contributed by atoms with Gasteiger partial charge in [0, 0.05) is 11.5 Å². The Bertz CT molecular complexity index is 1840. The molecule has 4 N–H and O–H groups in total. The van der Waals surface area contributed by atoms with Crippen LogP contribution in [0.2, 0.25) is 0 Å². The second-order valence-corrected chi connectivity index (χ2v) is 14.0. The van der Waals surface area contributed by atoms with Gasteiger partial charge in [0.05, 0.1) is 26.3 Å². The summed E-state index contributed by atoms with van der Waals surface area (Å²) in [6.07, 6.45) is 5.86. The number of fused-ring (bicyclic) bond motifs is 2. The molecule has 0 bridgehead atoms. The smallest absolute Gasteiger partial charge is 0.320 e. The average Bonchev–Trinajstić information content (AvgIpc) is 3.65. The molecule has 0 aliphatic heterocycles. The van der Waals surface area contributed by atoms with Crippen molar-refractivity contribution in [3.05, 3.63) is 71.8 Å². The average molecular weight is 713 g/mol. The van der Waals surface area contributed by atoms with Crippen molar-refractivity contribution in [1.29, 1.82) is 0 Å². The second-order valence-electron chi connectivity index (χ2n) is 11.9. The summed E-state index contributed by atoms with van der Waals surface area (Å²) in [5.41, 5.74) is 17.6. The van der Waals surface area contributed by atoms with Crippen LogP contribution in [0.4, 0.5) is 11.6 Å². The number of ether oxygens (including phenoxy) is 2. The molecule has 0 atom stereocenters. The van der Waals surface area contributed by atoms with Crippen LogP contribution >= 0.6 is 23.5 Å². The van der Waals surface area contributed by atoms with E-state index in [-0.39, 0.29) is 12.0 Å². The molecule has 12 nitrogen and oxygen atoms in total. The summed E-state index contributed by atoms with van der Waals surface area (Å²) in [6, 6.07) is 21.2. The van der Waals surface area contributed by atoms with Gasteiger partial charge in [0.25, 0.3) is 0 Å². The van der Waals surface area contributed by atoms with Crippen LogP contribution < -0.4 is 20.9 Å². The fourth-order valence-corrected chi connectivity index (χ4v) is 7.26. The molecule has 2 aromatic carbocycles. The second kappa shape index (κ2) is 17.4. The number of anilines is 2. The third-order valence-electron chi connectivity index (χ3n) is 7.96. The molecule has 0 aliphatic rings. The number of benzene rings is 2. The van der Waals surface area contributed by atoms with E-state index >= 15 is 0 Å². The lowest BCUT2D eigenvalue weighted by atomic mass is 10.2. The number of thioether (sulfide) groups is 2. The fourth-order valence-electron chi connectivity index (χ4n) is 5.28. The van der Waals surface area contributed by atoms with E-state index < -0.39 is 0 Å². The minimum Gasteiger partial charge on any atom is -0.463 e. The highest BCUT2D eigenvalue weighted by Crippen LogP contribution is 2.31. The van der Waals surface area contributed by atoms with Crippen LogP contribution in [0.15, 0.2) is 71.0 Å². The largest absolute Gasteiger partial charge is 0.463 e. The molecular formula is C36H44N10O2S2. The fraction of sp³-hybridized carbons (Fsp3) is 0.389. The van der Waals surface area contributed by atoms with E-state index in [1.54, 1.807) is 23.5 Å². The van der Waals surface area contributed by atoms with Gasteiger partial charge < -0.3 is 20.9 Å². The molecule has 0 saturated heterocycles. The van der Waals surface area contributed by atoms with Crippen molar-refractivity contribution in [3.63, 3.8) is 0 Å². The Morgan fingerprint density at radius 1 is 0.560 bits per heavy atom. The van der Waals surface area contributed by atoms with Crippen molar-refractivity contribution >= 4 is 57.5 Å². The van der Waals surface area contributed by atoms with Crippen LogP contribution in [-0.2, 0) is 13.1 Å². The third kappa shape index (κ3) is 8.77. The van der Waals surface area contributed by atoms with E-state index in [0.717, 1.165) is 71.5 Å². The number of rotatable bonds is 19. The Balaban J connectivity index is 1.14. The molecule has 0 fully saturated rings. The molecular weight excluding hydrogens is 669 g/mol. The molecule has 0 saturated carbocycles. The van der Waals surface area contributed by atoms with Gasteiger partial charge in [0.2, 0.25) is 0 Å². The van der Waals surface area contributed by atoms with Crippen LogP contribution in [0.1, 0.15) is 63.5 Å². The van der Waals surface area contributed by atoms with Gasteiger partial charge in [-0.3, -0.25) is 9.13 Å². The highest BCUT2D eigenvalue weighted by Gasteiger charge is 2.20. The number of hydrogen-bond donors (Lipinski definition) is 2. The van der Waals surface area contributed by atoms with Crippen molar-refractivity contribution < 1.29 is 9.47 Å². The molecule has 0 aliphatic carbocycles. The van der Waals surface area contributed by atoms with Gasteiger partial charge in [-0.25, -0.2) is 9.97 Å². The van der Waals surface area contributed by atoms with Crippen LogP contribution in [-0.4, -0.2) is 63.8 Å². The molecule has 6 aromatic rings. The van der Waals surface area contributed by atoms with Gasteiger partial charge in [0.15, 0.2) is 44.3 Å². The Hall–Kier alpha value is -4.56. The van der Waals surface area contributed by atoms with Gasteiger partial charge in [0.1, 0.15) is 0 Å². The first-order valence-electron chi connectivity index (χ1n) is 17.2. The SMILES string of the molecule is CCCCOc1nc(N)c2nc(SCCCCSc3nc4c(N)nc(OCCCC)nc4n3Cc3ccccc3)n(Cc3ccccc3)c2n1. The maximum atomic E-state index is 6.37. The first-order valence-corrected chi connectivity index (χ1v) is 19.2. The van der Waals surface area contributed by atoms with E-state index in [1.165, 1.54) is 0 Å². The molecule has 262 valence electrons. The zero-order chi connectivity index (χ0) is 34.7. The minimum atomic E-state index is 0.289. The zero-order valence-corrected chi connectivity index (χ0v) is 30.3. The highest BCUT2D eigenvalue weighted by atomic mass is 32.2. The summed E-state index contributed by atoms with van der Waals surface area (Å²) in [5.74, 6) is 2.41. The lowest BCUT2D eigenvalue weighted by Crippen LogP contribution is -2.07. The number of nitrogen functional groups attached to an aromatic ring is 2. The lowest BCUT2D eigenvalue weighted by molar-refractivity contribution is 0.286. The Kier molecular flexibility index (Phi) is 12.3. The maximum Gasteiger partial charge on any atom is 0.320 e.